The van der Waals surface area contributed by atoms with Gasteiger partial charge in [0.15, 0.2) is 0 Å². The van der Waals surface area contributed by atoms with Gasteiger partial charge in [0.1, 0.15) is 5.75 Å². The number of hydrogen-bond acceptors (Lipinski definition) is 3. The normalized spacial score (nSPS) is 30.0. The number of ether oxygens (including phenoxy) is 2. The molecule has 3 unspecified atom stereocenters. The Bertz CT molecular complexity index is 478. The molecule has 1 aromatic rings. The highest BCUT2D eigenvalue weighted by molar-refractivity contribution is 5.37. The van der Waals surface area contributed by atoms with E-state index in [1.807, 2.05) is 0 Å². The van der Waals surface area contributed by atoms with Crippen LogP contribution in [0.4, 0.5) is 0 Å². The van der Waals surface area contributed by atoms with Crippen molar-refractivity contribution in [1.29, 1.82) is 0 Å². The van der Waals surface area contributed by atoms with Crippen LogP contribution < -0.4 is 4.74 Å². The Morgan fingerprint density at radius 2 is 1.95 bits per heavy atom. The van der Waals surface area contributed by atoms with Crippen LogP contribution in [0.5, 0.6) is 5.75 Å². The highest BCUT2D eigenvalue weighted by Gasteiger charge is 2.26. The maximum Gasteiger partial charge on any atom is 0.119 e. The lowest BCUT2D eigenvalue weighted by Crippen LogP contribution is -2.47. The molecule has 1 saturated heterocycles. The molecular weight excluding hydrogens is 262 g/mol. The topological polar surface area (TPSA) is 21.7 Å². The fourth-order valence-electron chi connectivity index (χ4n) is 3.89. The first-order valence-electron chi connectivity index (χ1n) is 8.17. The zero-order valence-corrected chi connectivity index (χ0v) is 13.5. The number of nitrogens with zero attached hydrogens (tertiary/aromatic N) is 1. The monoisotopic (exact) mass is 289 g/mol. The number of methoxy groups -OCH3 is 1. The lowest BCUT2D eigenvalue weighted by Gasteiger charge is -2.38. The van der Waals surface area contributed by atoms with E-state index >= 15 is 0 Å². The van der Waals surface area contributed by atoms with Crippen LogP contribution in [0.25, 0.3) is 0 Å². The average Bonchev–Trinajstić information content (AvgIpc) is 2.45. The Morgan fingerprint density at radius 3 is 2.67 bits per heavy atom. The van der Waals surface area contributed by atoms with Crippen LogP contribution in [-0.4, -0.2) is 43.9 Å². The summed E-state index contributed by atoms with van der Waals surface area (Å²) in [5, 5.41) is 0. The van der Waals surface area contributed by atoms with Gasteiger partial charge in [0.25, 0.3) is 0 Å². The van der Waals surface area contributed by atoms with E-state index in [0.29, 0.717) is 12.2 Å². The van der Waals surface area contributed by atoms with Crippen molar-refractivity contribution in [1.82, 2.24) is 4.90 Å². The Balaban J connectivity index is 1.61. The van der Waals surface area contributed by atoms with Crippen molar-refractivity contribution in [3.63, 3.8) is 0 Å². The van der Waals surface area contributed by atoms with Crippen molar-refractivity contribution in [2.24, 2.45) is 5.92 Å². The van der Waals surface area contributed by atoms with Crippen molar-refractivity contribution in [2.45, 2.75) is 45.3 Å². The fourth-order valence-corrected chi connectivity index (χ4v) is 3.89. The third-order valence-corrected chi connectivity index (χ3v) is 4.76. The van der Waals surface area contributed by atoms with E-state index in [9.17, 15) is 0 Å². The Labute approximate surface area is 128 Å². The predicted octanol–water partition coefficient (Wildman–Crippen LogP) is 2.91. The van der Waals surface area contributed by atoms with Gasteiger partial charge in [-0.25, -0.2) is 0 Å². The lowest BCUT2D eigenvalue weighted by atomic mass is 9.83. The van der Waals surface area contributed by atoms with E-state index in [4.69, 9.17) is 9.47 Å². The van der Waals surface area contributed by atoms with Gasteiger partial charge in [0.05, 0.1) is 19.3 Å². The molecule has 1 aliphatic carbocycles. The van der Waals surface area contributed by atoms with Crippen LogP contribution in [0.15, 0.2) is 18.2 Å². The highest BCUT2D eigenvalue weighted by atomic mass is 16.5. The van der Waals surface area contributed by atoms with E-state index in [-0.39, 0.29) is 0 Å². The van der Waals surface area contributed by atoms with Crippen LogP contribution in [0.2, 0.25) is 0 Å². The van der Waals surface area contributed by atoms with Gasteiger partial charge < -0.3 is 9.47 Å². The highest BCUT2D eigenvalue weighted by Crippen LogP contribution is 2.29. The number of hydrogen-bond donors (Lipinski definition) is 0. The van der Waals surface area contributed by atoms with Crippen LogP contribution in [0, 0.1) is 5.92 Å². The first-order valence-corrected chi connectivity index (χ1v) is 8.17. The third-order valence-electron chi connectivity index (χ3n) is 4.76. The molecule has 3 nitrogen and oxygen atoms in total. The Kier molecular flexibility index (Phi) is 4.51. The van der Waals surface area contributed by atoms with Crippen LogP contribution in [0.3, 0.4) is 0 Å². The van der Waals surface area contributed by atoms with Crippen molar-refractivity contribution in [2.75, 3.05) is 26.7 Å². The summed E-state index contributed by atoms with van der Waals surface area (Å²) < 4.78 is 11.2. The van der Waals surface area contributed by atoms with Gasteiger partial charge in [0, 0.05) is 19.6 Å². The van der Waals surface area contributed by atoms with Gasteiger partial charge in [-0.3, -0.25) is 4.90 Å². The first kappa shape index (κ1) is 14.9. The number of rotatable bonds is 3. The van der Waals surface area contributed by atoms with E-state index in [1.54, 1.807) is 7.11 Å². The van der Waals surface area contributed by atoms with Crippen molar-refractivity contribution >= 4 is 0 Å². The standard InChI is InChI=1S/C18H27NO2/c1-13-10-19(11-14(2)21-13)12-15-4-5-17-9-18(20-3)7-6-16(17)8-15/h6-7,9,13-15H,4-5,8,10-12H2,1-3H3. The molecule has 0 radical (unpaired) electrons. The van der Waals surface area contributed by atoms with Gasteiger partial charge in [-0.05, 0) is 62.3 Å². The van der Waals surface area contributed by atoms with E-state index in [0.717, 1.165) is 24.8 Å². The molecule has 21 heavy (non-hydrogen) atoms. The molecule has 2 aliphatic rings. The molecule has 1 heterocycles. The number of fused-ring (bicyclic) bond motifs is 1. The summed E-state index contributed by atoms with van der Waals surface area (Å²) in [5.74, 6) is 1.77. The second-order valence-electron chi connectivity index (χ2n) is 6.72. The van der Waals surface area contributed by atoms with Crippen LogP contribution >= 0.6 is 0 Å². The number of morpholine rings is 1. The molecular formula is C18H27NO2. The molecule has 1 aliphatic heterocycles. The van der Waals surface area contributed by atoms with E-state index < -0.39 is 0 Å². The molecule has 0 bridgehead atoms. The minimum Gasteiger partial charge on any atom is -0.497 e. The number of benzene rings is 1. The fraction of sp³-hybridized carbons (Fsp3) is 0.667. The van der Waals surface area contributed by atoms with Gasteiger partial charge in [-0.15, -0.1) is 0 Å². The van der Waals surface area contributed by atoms with E-state index in [1.165, 1.54) is 36.9 Å². The molecule has 0 saturated carbocycles. The van der Waals surface area contributed by atoms with Crippen molar-refractivity contribution in [3.05, 3.63) is 29.3 Å². The van der Waals surface area contributed by atoms with Gasteiger partial charge in [-0.1, -0.05) is 6.07 Å². The summed E-state index contributed by atoms with van der Waals surface area (Å²) in [5.41, 5.74) is 3.00. The summed E-state index contributed by atoms with van der Waals surface area (Å²) in [4.78, 5) is 2.60. The molecule has 0 aromatic heterocycles. The Morgan fingerprint density at radius 1 is 1.19 bits per heavy atom. The smallest absolute Gasteiger partial charge is 0.119 e. The maximum absolute atomic E-state index is 5.83. The largest absolute Gasteiger partial charge is 0.497 e. The SMILES string of the molecule is COc1ccc2c(c1)CCC(CN1CC(C)OC(C)C1)C2. The van der Waals surface area contributed by atoms with Crippen LogP contribution in [-0.2, 0) is 17.6 Å². The summed E-state index contributed by atoms with van der Waals surface area (Å²) in [7, 11) is 1.74. The summed E-state index contributed by atoms with van der Waals surface area (Å²) in [6.07, 6.45) is 4.43. The van der Waals surface area contributed by atoms with Gasteiger partial charge in [-0.2, -0.15) is 0 Å². The van der Waals surface area contributed by atoms with Crippen LogP contribution in [0.1, 0.15) is 31.4 Å². The molecule has 1 aromatic carbocycles. The molecule has 3 atom stereocenters. The second kappa shape index (κ2) is 6.37. The third kappa shape index (κ3) is 3.58. The zero-order valence-electron chi connectivity index (χ0n) is 13.5. The molecule has 0 spiro atoms. The molecule has 116 valence electrons. The number of aryl methyl sites for hydroxylation is 1. The predicted molar refractivity (Wildman–Crippen MR) is 85.0 cm³/mol. The molecule has 3 heteroatoms. The lowest BCUT2D eigenvalue weighted by molar-refractivity contribution is -0.0717. The molecule has 1 fully saturated rings. The maximum atomic E-state index is 5.83. The van der Waals surface area contributed by atoms with Gasteiger partial charge >= 0.3 is 0 Å². The average molecular weight is 289 g/mol. The Hall–Kier alpha value is -1.06. The quantitative estimate of drug-likeness (QED) is 0.854. The van der Waals surface area contributed by atoms with Crippen molar-refractivity contribution < 1.29 is 9.47 Å². The van der Waals surface area contributed by atoms with Crippen molar-refractivity contribution in [3.8, 4) is 5.75 Å². The summed E-state index contributed by atoms with van der Waals surface area (Å²) in [6, 6.07) is 6.56. The van der Waals surface area contributed by atoms with Gasteiger partial charge in [0.2, 0.25) is 0 Å². The first-order chi connectivity index (χ1) is 10.1. The zero-order chi connectivity index (χ0) is 14.8. The molecule has 0 amide bonds. The summed E-state index contributed by atoms with van der Waals surface area (Å²) >= 11 is 0. The summed E-state index contributed by atoms with van der Waals surface area (Å²) in [6.45, 7) is 7.74. The minimum absolute atomic E-state index is 0.369. The molecule has 0 N–H and O–H groups in total. The molecule has 3 rings (SSSR count). The second-order valence-corrected chi connectivity index (χ2v) is 6.72. The van der Waals surface area contributed by atoms with E-state index in [2.05, 4.69) is 36.9 Å². The minimum atomic E-state index is 0.369.